The molecule has 0 aliphatic heterocycles. The molecule has 5 heteroatoms. The van der Waals surface area contributed by atoms with Crippen molar-refractivity contribution < 1.29 is 15.0 Å². The summed E-state index contributed by atoms with van der Waals surface area (Å²) in [5.74, 6) is 0. The third-order valence-electron chi connectivity index (χ3n) is 1.66. The van der Waals surface area contributed by atoms with Gasteiger partial charge >= 0.3 is 6.16 Å². The lowest BCUT2D eigenvalue weighted by Gasteiger charge is -1.97. The molecule has 0 spiro atoms. The quantitative estimate of drug-likeness (QED) is 0.471. The molecule has 0 aliphatic rings. The van der Waals surface area contributed by atoms with Crippen molar-refractivity contribution in [1.82, 2.24) is 0 Å². The first-order valence-electron chi connectivity index (χ1n) is 4.97. The van der Waals surface area contributed by atoms with E-state index < -0.39 is 6.16 Å². The maximum Gasteiger partial charge on any atom is 0.503 e. The monoisotopic (exact) mass is 206 g/mol. The molecule has 0 aromatic carbocycles. The number of carboxylic acid groups (broad SMARTS) is 2. The van der Waals surface area contributed by atoms with Crippen molar-refractivity contribution in [1.29, 1.82) is 0 Å². The molecule has 0 atom stereocenters. The lowest BCUT2D eigenvalue weighted by molar-refractivity contribution is 0.137. The van der Waals surface area contributed by atoms with Crippen LogP contribution in [0.2, 0.25) is 0 Å². The van der Waals surface area contributed by atoms with Gasteiger partial charge in [0, 0.05) is 0 Å². The second kappa shape index (κ2) is 14.7. The van der Waals surface area contributed by atoms with Crippen LogP contribution in [0.4, 0.5) is 4.79 Å². The van der Waals surface area contributed by atoms with E-state index in [9.17, 15) is 0 Å². The fourth-order valence-corrected chi connectivity index (χ4v) is 0.996. The Morgan fingerprint density at radius 1 is 0.786 bits per heavy atom. The minimum atomic E-state index is -1.83. The van der Waals surface area contributed by atoms with Crippen LogP contribution in [0, 0.1) is 0 Å². The van der Waals surface area contributed by atoms with Crippen molar-refractivity contribution in [2.45, 2.75) is 38.5 Å². The molecule has 5 nitrogen and oxygen atoms in total. The zero-order chi connectivity index (χ0) is 11.2. The smallest absolute Gasteiger partial charge is 0.450 e. The minimum Gasteiger partial charge on any atom is -0.450 e. The number of carbonyl (C=O) groups is 1. The van der Waals surface area contributed by atoms with E-state index in [0.717, 1.165) is 13.1 Å². The molecule has 0 saturated heterocycles. The summed E-state index contributed by atoms with van der Waals surface area (Å²) >= 11 is 0. The number of unbranched alkanes of at least 4 members (excludes halogenated alkanes) is 5. The van der Waals surface area contributed by atoms with Gasteiger partial charge < -0.3 is 21.7 Å². The SMILES string of the molecule is NCCCCCCCCN.O=C(O)O. The van der Waals surface area contributed by atoms with Gasteiger partial charge in [-0.25, -0.2) is 4.79 Å². The van der Waals surface area contributed by atoms with E-state index in [1.165, 1.54) is 38.5 Å². The van der Waals surface area contributed by atoms with Crippen molar-refractivity contribution >= 4 is 6.16 Å². The molecule has 0 amide bonds. The average molecular weight is 206 g/mol. The molecule has 0 bridgehead atoms. The standard InChI is InChI=1S/C8H20N2.CH2O3/c9-7-5-3-1-2-4-6-8-10;2-1(3)4/h1-10H2;(H2,2,3,4). The highest BCUT2D eigenvalue weighted by Gasteiger charge is 1.87. The number of hydrogen-bond donors (Lipinski definition) is 4. The van der Waals surface area contributed by atoms with Crippen LogP contribution in [-0.4, -0.2) is 29.5 Å². The molecular weight excluding hydrogens is 184 g/mol. The highest BCUT2D eigenvalue weighted by Crippen LogP contribution is 2.03. The van der Waals surface area contributed by atoms with Crippen molar-refractivity contribution in [3.63, 3.8) is 0 Å². The maximum atomic E-state index is 8.56. The normalized spacial score (nSPS) is 9.00. The Morgan fingerprint density at radius 3 is 1.21 bits per heavy atom. The van der Waals surface area contributed by atoms with Gasteiger partial charge in [-0.3, -0.25) is 0 Å². The number of nitrogens with two attached hydrogens (primary N) is 2. The summed E-state index contributed by atoms with van der Waals surface area (Å²) in [5.41, 5.74) is 10.7. The van der Waals surface area contributed by atoms with E-state index in [0.29, 0.717) is 0 Å². The molecule has 0 fully saturated rings. The first-order valence-corrected chi connectivity index (χ1v) is 4.97. The molecule has 0 saturated carbocycles. The molecule has 0 aromatic rings. The van der Waals surface area contributed by atoms with Gasteiger partial charge in [0.1, 0.15) is 0 Å². The topological polar surface area (TPSA) is 110 Å². The van der Waals surface area contributed by atoms with Crippen molar-refractivity contribution in [3.8, 4) is 0 Å². The highest BCUT2D eigenvalue weighted by atomic mass is 16.6. The summed E-state index contributed by atoms with van der Waals surface area (Å²) in [6, 6.07) is 0. The van der Waals surface area contributed by atoms with Gasteiger partial charge in [-0.2, -0.15) is 0 Å². The van der Waals surface area contributed by atoms with E-state index >= 15 is 0 Å². The Kier molecular flexibility index (Phi) is 16.4. The van der Waals surface area contributed by atoms with Crippen molar-refractivity contribution in [3.05, 3.63) is 0 Å². The van der Waals surface area contributed by atoms with Gasteiger partial charge in [-0.05, 0) is 25.9 Å². The summed E-state index contributed by atoms with van der Waals surface area (Å²) in [7, 11) is 0. The van der Waals surface area contributed by atoms with Crippen molar-refractivity contribution in [2.75, 3.05) is 13.1 Å². The summed E-state index contributed by atoms with van der Waals surface area (Å²) in [6.07, 6.45) is 5.78. The third kappa shape index (κ3) is 30.3. The first kappa shape index (κ1) is 15.7. The molecule has 0 unspecified atom stereocenters. The van der Waals surface area contributed by atoms with Crippen LogP contribution in [-0.2, 0) is 0 Å². The molecule has 0 aliphatic carbocycles. The van der Waals surface area contributed by atoms with Gasteiger partial charge in [0.25, 0.3) is 0 Å². The van der Waals surface area contributed by atoms with Crippen LogP contribution in [0.15, 0.2) is 0 Å². The number of hydrogen-bond acceptors (Lipinski definition) is 3. The highest BCUT2D eigenvalue weighted by molar-refractivity contribution is 5.53. The summed E-state index contributed by atoms with van der Waals surface area (Å²) in [5, 5.41) is 13.9. The largest absolute Gasteiger partial charge is 0.503 e. The predicted octanol–water partition coefficient (Wildman–Crippen LogP) is 1.47. The molecule has 0 rings (SSSR count). The average Bonchev–Trinajstić information content (AvgIpc) is 2.10. The lowest BCUT2D eigenvalue weighted by Crippen LogP contribution is -1.99. The van der Waals surface area contributed by atoms with Crippen LogP contribution >= 0.6 is 0 Å². The molecule has 6 N–H and O–H groups in total. The summed E-state index contributed by atoms with van der Waals surface area (Å²) in [4.78, 5) is 8.56. The van der Waals surface area contributed by atoms with E-state index in [4.69, 9.17) is 26.5 Å². The predicted molar refractivity (Wildman–Crippen MR) is 56.5 cm³/mol. The van der Waals surface area contributed by atoms with E-state index in [1.54, 1.807) is 0 Å². The third-order valence-corrected chi connectivity index (χ3v) is 1.66. The molecule has 0 heterocycles. The van der Waals surface area contributed by atoms with E-state index in [2.05, 4.69) is 0 Å². The Morgan fingerprint density at radius 2 is 1.00 bits per heavy atom. The minimum absolute atomic E-state index is 0.844. The molecule has 0 aromatic heterocycles. The molecular formula is C9H22N2O3. The second-order valence-electron chi connectivity index (χ2n) is 2.98. The van der Waals surface area contributed by atoms with Crippen molar-refractivity contribution in [2.24, 2.45) is 11.5 Å². The van der Waals surface area contributed by atoms with Gasteiger partial charge in [0.05, 0.1) is 0 Å². The lowest BCUT2D eigenvalue weighted by atomic mass is 10.1. The van der Waals surface area contributed by atoms with Gasteiger partial charge in [-0.1, -0.05) is 25.7 Å². The maximum absolute atomic E-state index is 8.56. The summed E-state index contributed by atoms with van der Waals surface area (Å²) < 4.78 is 0. The van der Waals surface area contributed by atoms with Crippen LogP contribution in [0.5, 0.6) is 0 Å². The van der Waals surface area contributed by atoms with Gasteiger partial charge in [-0.15, -0.1) is 0 Å². The summed E-state index contributed by atoms with van der Waals surface area (Å²) in [6.45, 7) is 1.69. The van der Waals surface area contributed by atoms with E-state index in [1.807, 2.05) is 0 Å². The fraction of sp³-hybridized carbons (Fsp3) is 0.889. The van der Waals surface area contributed by atoms with Crippen LogP contribution in [0.3, 0.4) is 0 Å². The zero-order valence-corrected chi connectivity index (χ0v) is 8.61. The first-order chi connectivity index (χ1) is 6.65. The van der Waals surface area contributed by atoms with Crippen LogP contribution in [0.1, 0.15) is 38.5 Å². The fourth-order valence-electron chi connectivity index (χ4n) is 0.996. The Hall–Kier alpha value is -0.810. The van der Waals surface area contributed by atoms with E-state index in [-0.39, 0.29) is 0 Å². The molecule has 86 valence electrons. The van der Waals surface area contributed by atoms with Gasteiger partial charge in [0.15, 0.2) is 0 Å². The second-order valence-corrected chi connectivity index (χ2v) is 2.98. The number of rotatable bonds is 7. The Labute approximate surface area is 85.1 Å². The molecule has 14 heavy (non-hydrogen) atoms. The zero-order valence-electron chi connectivity index (χ0n) is 8.61. The Bertz CT molecular complexity index is 109. The Balaban J connectivity index is 0. The van der Waals surface area contributed by atoms with Gasteiger partial charge in [0.2, 0.25) is 0 Å². The molecule has 0 radical (unpaired) electrons. The van der Waals surface area contributed by atoms with Crippen LogP contribution in [0.25, 0.3) is 0 Å². The van der Waals surface area contributed by atoms with Crippen LogP contribution < -0.4 is 11.5 Å².